The highest BCUT2D eigenvalue weighted by Gasteiger charge is 2.34. The Bertz CT molecular complexity index is 875. The Morgan fingerprint density at radius 2 is 1.75 bits per heavy atom. The number of nitrogens with one attached hydrogen (secondary N) is 1. The third-order valence-corrected chi connectivity index (χ3v) is 3.96. The monoisotopic (exact) mass is 340 g/mol. The zero-order valence-corrected chi connectivity index (χ0v) is 13.6. The largest absolute Gasteiger partial charge is 0.298 e. The zero-order chi connectivity index (χ0) is 17.3. The van der Waals surface area contributed by atoms with Gasteiger partial charge in [0.2, 0.25) is 0 Å². The van der Waals surface area contributed by atoms with E-state index in [1.807, 2.05) is 31.2 Å². The molecule has 0 unspecified atom stereocenters. The van der Waals surface area contributed by atoms with Crippen LogP contribution in [0.2, 0.25) is 0 Å². The second-order valence-electron chi connectivity index (χ2n) is 5.29. The molecule has 0 atom stereocenters. The molecule has 2 aromatic rings. The first-order valence-corrected chi connectivity index (χ1v) is 7.61. The van der Waals surface area contributed by atoms with Crippen LogP contribution in [0.25, 0.3) is 6.08 Å². The minimum Gasteiger partial charge on any atom is -0.298 e. The van der Waals surface area contributed by atoms with Gasteiger partial charge in [0.1, 0.15) is 11.4 Å². The number of hydrogen-bond donors (Lipinski definition) is 1. The standard InChI is InChI=1S/C18H13FN2O2S/c1-11-4-2-3-5-12(11)10-15-16(22)20-18(24)21(17(15)23)14-8-6-13(19)7-9-14/h2-10H,1H3,(H,20,22,24)/b15-10-. The molecule has 0 bridgehead atoms. The molecule has 0 saturated carbocycles. The molecule has 1 heterocycles. The maximum Gasteiger partial charge on any atom is 0.270 e. The first kappa shape index (κ1) is 16.0. The molecule has 6 heteroatoms. The molecule has 3 rings (SSSR count). The van der Waals surface area contributed by atoms with E-state index in [1.165, 1.54) is 35.2 Å². The predicted octanol–water partition coefficient (Wildman–Crippen LogP) is 2.97. The van der Waals surface area contributed by atoms with E-state index < -0.39 is 17.6 Å². The van der Waals surface area contributed by atoms with E-state index in [2.05, 4.69) is 5.32 Å². The SMILES string of the molecule is Cc1ccccc1/C=C1/C(=O)NC(=S)N(c2ccc(F)cc2)C1=O. The van der Waals surface area contributed by atoms with Crippen molar-refractivity contribution in [2.75, 3.05) is 4.90 Å². The van der Waals surface area contributed by atoms with Crippen molar-refractivity contribution in [3.05, 3.63) is 71.0 Å². The highest BCUT2D eigenvalue weighted by molar-refractivity contribution is 7.80. The van der Waals surface area contributed by atoms with E-state index in [0.717, 1.165) is 11.1 Å². The van der Waals surface area contributed by atoms with Crippen molar-refractivity contribution < 1.29 is 14.0 Å². The Kier molecular flexibility index (Phi) is 4.22. The van der Waals surface area contributed by atoms with Crippen molar-refractivity contribution in [2.24, 2.45) is 0 Å². The molecule has 0 aliphatic carbocycles. The Morgan fingerprint density at radius 1 is 1.08 bits per heavy atom. The van der Waals surface area contributed by atoms with E-state index in [0.29, 0.717) is 5.69 Å². The van der Waals surface area contributed by atoms with Crippen molar-refractivity contribution in [1.82, 2.24) is 5.32 Å². The number of hydrogen-bond acceptors (Lipinski definition) is 3. The van der Waals surface area contributed by atoms with Gasteiger partial charge in [-0.2, -0.15) is 0 Å². The number of rotatable bonds is 2. The van der Waals surface area contributed by atoms with Gasteiger partial charge in [0, 0.05) is 0 Å². The molecule has 1 fully saturated rings. The van der Waals surface area contributed by atoms with Crippen molar-refractivity contribution in [1.29, 1.82) is 0 Å². The van der Waals surface area contributed by atoms with Gasteiger partial charge in [-0.15, -0.1) is 0 Å². The highest BCUT2D eigenvalue weighted by Crippen LogP contribution is 2.23. The molecule has 4 nitrogen and oxygen atoms in total. The molecule has 1 saturated heterocycles. The van der Waals surface area contributed by atoms with Crippen LogP contribution >= 0.6 is 12.2 Å². The summed E-state index contributed by atoms with van der Waals surface area (Å²) in [6, 6.07) is 12.7. The Balaban J connectivity index is 2.03. The van der Waals surface area contributed by atoms with Gasteiger partial charge in [0.25, 0.3) is 11.8 Å². The van der Waals surface area contributed by atoms with E-state index in [1.54, 1.807) is 0 Å². The molecule has 120 valence electrons. The third-order valence-electron chi connectivity index (χ3n) is 3.67. The van der Waals surface area contributed by atoms with Gasteiger partial charge in [-0.1, -0.05) is 24.3 Å². The summed E-state index contributed by atoms with van der Waals surface area (Å²) in [5.74, 6) is -1.51. The summed E-state index contributed by atoms with van der Waals surface area (Å²) in [6.07, 6.45) is 1.53. The minimum atomic E-state index is -0.549. The number of carbonyl (C=O) groups excluding carboxylic acids is 2. The van der Waals surface area contributed by atoms with Crippen molar-refractivity contribution >= 4 is 40.9 Å². The lowest BCUT2D eigenvalue weighted by Gasteiger charge is -2.29. The van der Waals surface area contributed by atoms with E-state index in [4.69, 9.17) is 12.2 Å². The molecular weight excluding hydrogens is 327 g/mol. The maximum absolute atomic E-state index is 13.1. The number of halogens is 1. The highest BCUT2D eigenvalue weighted by atomic mass is 32.1. The predicted molar refractivity (Wildman–Crippen MR) is 93.8 cm³/mol. The maximum atomic E-state index is 13.1. The summed E-state index contributed by atoms with van der Waals surface area (Å²) in [5, 5.41) is 2.47. The number of anilines is 1. The Morgan fingerprint density at radius 3 is 2.42 bits per heavy atom. The van der Waals surface area contributed by atoms with Crippen molar-refractivity contribution in [3.63, 3.8) is 0 Å². The number of thiocarbonyl (C=S) groups is 1. The van der Waals surface area contributed by atoms with Crippen LogP contribution in [0.5, 0.6) is 0 Å². The molecule has 1 aliphatic heterocycles. The summed E-state index contributed by atoms with van der Waals surface area (Å²) in [4.78, 5) is 26.1. The van der Waals surface area contributed by atoms with Gasteiger partial charge in [0.05, 0.1) is 5.69 Å². The fourth-order valence-corrected chi connectivity index (χ4v) is 2.67. The number of carbonyl (C=O) groups is 2. The molecule has 1 aliphatic rings. The van der Waals surface area contributed by atoms with E-state index in [-0.39, 0.29) is 10.7 Å². The smallest absolute Gasteiger partial charge is 0.270 e. The van der Waals surface area contributed by atoms with Gasteiger partial charge >= 0.3 is 0 Å². The average molecular weight is 340 g/mol. The molecule has 2 amide bonds. The lowest BCUT2D eigenvalue weighted by atomic mass is 10.0. The minimum absolute atomic E-state index is 0.0257. The zero-order valence-electron chi connectivity index (χ0n) is 12.7. The van der Waals surface area contributed by atoms with E-state index >= 15 is 0 Å². The molecule has 1 N–H and O–H groups in total. The van der Waals surface area contributed by atoms with E-state index in [9.17, 15) is 14.0 Å². The summed E-state index contributed by atoms with van der Waals surface area (Å²) >= 11 is 5.09. The summed E-state index contributed by atoms with van der Waals surface area (Å²) in [6.45, 7) is 1.89. The summed E-state index contributed by atoms with van der Waals surface area (Å²) < 4.78 is 13.1. The molecule has 2 aromatic carbocycles. The van der Waals surface area contributed by atoms with Gasteiger partial charge in [0.15, 0.2) is 5.11 Å². The normalized spacial score (nSPS) is 16.5. The van der Waals surface area contributed by atoms with Gasteiger partial charge in [-0.3, -0.25) is 19.8 Å². The van der Waals surface area contributed by atoms with Crippen LogP contribution in [0.15, 0.2) is 54.1 Å². The van der Waals surface area contributed by atoms with Gasteiger partial charge in [-0.05, 0) is 60.6 Å². The third kappa shape index (κ3) is 2.96. The molecular formula is C18H13FN2O2S. The van der Waals surface area contributed by atoms with Crippen molar-refractivity contribution in [3.8, 4) is 0 Å². The summed E-state index contributed by atoms with van der Waals surface area (Å²) in [5.41, 5.74) is 2.07. The van der Waals surface area contributed by atoms with Crippen LogP contribution in [0.3, 0.4) is 0 Å². The Labute approximate surface area is 143 Å². The number of aryl methyl sites for hydroxylation is 1. The average Bonchev–Trinajstić information content (AvgIpc) is 2.54. The molecule has 0 radical (unpaired) electrons. The van der Waals surface area contributed by atoms with Crippen molar-refractivity contribution in [2.45, 2.75) is 6.92 Å². The van der Waals surface area contributed by atoms with Gasteiger partial charge in [-0.25, -0.2) is 4.39 Å². The lowest BCUT2D eigenvalue weighted by Crippen LogP contribution is -2.54. The summed E-state index contributed by atoms with van der Waals surface area (Å²) in [7, 11) is 0. The van der Waals surface area contributed by atoms with Crippen LogP contribution < -0.4 is 10.2 Å². The van der Waals surface area contributed by atoms with Crippen LogP contribution in [-0.2, 0) is 9.59 Å². The molecule has 0 spiro atoms. The second-order valence-corrected chi connectivity index (χ2v) is 5.68. The first-order chi connectivity index (χ1) is 11.5. The number of amides is 2. The fraction of sp³-hybridized carbons (Fsp3) is 0.0556. The first-order valence-electron chi connectivity index (χ1n) is 7.20. The second kappa shape index (κ2) is 6.33. The topological polar surface area (TPSA) is 49.4 Å². The Hall–Kier alpha value is -2.86. The van der Waals surface area contributed by atoms with Crippen LogP contribution in [0, 0.1) is 12.7 Å². The lowest BCUT2D eigenvalue weighted by molar-refractivity contribution is -0.122. The number of benzene rings is 2. The fourth-order valence-electron chi connectivity index (χ4n) is 2.39. The van der Waals surface area contributed by atoms with Crippen LogP contribution in [0.1, 0.15) is 11.1 Å². The quantitative estimate of drug-likeness (QED) is 0.519. The molecule has 24 heavy (non-hydrogen) atoms. The van der Waals surface area contributed by atoms with Gasteiger partial charge < -0.3 is 0 Å². The number of nitrogens with zero attached hydrogens (tertiary/aromatic N) is 1. The molecule has 0 aromatic heterocycles. The van der Waals surface area contributed by atoms with Crippen LogP contribution in [-0.4, -0.2) is 16.9 Å². The van der Waals surface area contributed by atoms with Crippen LogP contribution in [0.4, 0.5) is 10.1 Å².